The lowest BCUT2D eigenvalue weighted by atomic mass is 10.0. The molecular weight excluding hydrogens is 282 g/mol. The van der Waals surface area contributed by atoms with Crippen molar-refractivity contribution in [3.63, 3.8) is 0 Å². The maximum Gasteiger partial charge on any atom is 0.0938 e. The first-order valence-electron chi connectivity index (χ1n) is 5.90. The lowest BCUT2D eigenvalue weighted by molar-refractivity contribution is 0.0572. The Hall–Kier alpha value is -0.420. The second-order valence-corrected chi connectivity index (χ2v) is 5.26. The zero-order valence-corrected chi connectivity index (χ0v) is 11.3. The Labute approximate surface area is 110 Å². The van der Waals surface area contributed by atoms with Crippen molar-refractivity contribution in [2.45, 2.75) is 18.1 Å². The minimum atomic E-state index is -0.596. The number of aliphatic hydroxyl groups excluding tert-OH is 2. The second kappa shape index (κ2) is 5.96. The van der Waals surface area contributed by atoms with Crippen LogP contribution in [0.4, 0.5) is 0 Å². The average Bonchev–Trinajstić information content (AvgIpc) is 2.67. The van der Waals surface area contributed by atoms with Crippen LogP contribution in [0, 0.1) is 0 Å². The molecule has 0 aromatic heterocycles. The lowest BCUT2D eigenvalue weighted by Crippen LogP contribution is -2.28. The first-order chi connectivity index (χ1) is 8.20. The van der Waals surface area contributed by atoms with Crippen LogP contribution in [-0.4, -0.2) is 52.3 Å². The van der Waals surface area contributed by atoms with Crippen LogP contribution < -0.4 is 0 Å². The highest BCUT2D eigenvalue weighted by atomic mass is 79.9. The normalized spacial score (nSPS) is 27.2. The monoisotopic (exact) mass is 299 g/mol. The second-order valence-electron chi connectivity index (χ2n) is 4.62. The molecule has 1 saturated heterocycles. The first kappa shape index (κ1) is 13.0. The van der Waals surface area contributed by atoms with Gasteiger partial charge in [0.05, 0.1) is 12.2 Å². The maximum atomic E-state index is 9.52. The summed E-state index contributed by atoms with van der Waals surface area (Å²) in [6.07, 6.45) is -1.19. The summed E-state index contributed by atoms with van der Waals surface area (Å²) >= 11 is 3.54. The fourth-order valence-electron chi connectivity index (χ4n) is 2.28. The number of halogens is 1. The van der Waals surface area contributed by atoms with E-state index in [0.29, 0.717) is 19.0 Å². The van der Waals surface area contributed by atoms with E-state index in [9.17, 15) is 10.2 Å². The summed E-state index contributed by atoms with van der Waals surface area (Å²) in [6, 6.07) is 10.3. The largest absolute Gasteiger partial charge is 0.389 e. The van der Waals surface area contributed by atoms with E-state index < -0.39 is 12.2 Å². The van der Waals surface area contributed by atoms with E-state index in [2.05, 4.69) is 33.0 Å². The highest BCUT2D eigenvalue weighted by Gasteiger charge is 2.30. The molecule has 1 aromatic carbocycles. The van der Waals surface area contributed by atoms with Gasteiger partial charge in [0.15, 0.2) is 0 Å². The van der Waals surface area contributed by atoms with Crippen molar-refractivity contribution >= 4 is 15.9 Å². The summed E-state index contributed by atoms with van der Waals surface area (Å²) in [6.45, 7) is 2.00. The van der Waals surface area contributed by atoms with Gasteiger partial charge in [0, 0.05) is 30.9 Å². The van der Waals surface area contributed by atoms with Gasteiger partial charge in [-0.3, -0.25) is 4.90 Å². The van der Waals surface area contributed by atoms with Crippen molar-refractivity contribution in [3.8, 4) is 0 Å². The highest BCUT2D eigenvalue weighted by molar-refractivity contribution is 9.09. The molecule has 1 aliphatic heterocycles. The van der Waals surface area contributed by atoms with Gasteiger partial charge in [0.25, 0.3) is 0 Å². The van der Waals surface area contributed by atoms with Crippen LogP contribution in [0.15, 0.2) is 30.3 Å². The third kappa shape index (κ3) is 3.28. The summed E-state index contributed by atoms with van der Waals surface area (Å²) in [4.78, 5) is 2.12. The molecular formula is C13H18BrNO2. The van der Waals surface area contributed by atoms with E-state index in [1.165, 1.54) is 5.56 Å². The minimum Gasteiger partial charge on any atom is -0.389 e. The summed E-state index contributed by atoms with van der Waals surface area (Å²) in [5, 5.41) is 19.9. The number of aliphatic hydroxyl groups is 2. The summed E-state index contributed by atoms with van der Waals surface area (Å²) in [5.41, 5.74) is 1.29. The van der Waals surface area contributed by atoms with Crippen LogP contribution in [0.3, 0.4) is 0 Å². The van der Waals surface area contributed by atoms with E-state index >= 15 is 0 Å². The molecule has 3 unspecified atom stereocenters. The zero-order chi connectivity index (χ0) is 12.3. The molecule has 0 bridgehead atoms. The quantitative estimate of drug-likeness (QED) is 0.821. The van der Waals surface area contributed by atoms with E-state index in [1.54, 1.807) is 0 Å². The van der Waals surface area contributed by atoms with Gasteiger partial charge in [-0.25, -0.2) is 0 Å². The molecule has 1 aliphatic rings. The van der Waals surface area contributed by atoms with Crippen molar-refractivity contribution in [1.29, 1.82) is 0 Å². The SMILES string of the molecule is OC1CN(CC(CBr)c2ccccc2)CC1O. The molecule has 3 atom stereocenters. The predicted molar refractivity (Wildman–Crippen MR) is 71.4 cm³/mol. The molecule has 0 saturated carbocycles. The van der Waals surface area contributed by atoms with Crippen molar-refractivity contribution < 1.29 is 10.2 Å². The topological polar surface area (TPSA) is 43.7 Å². The van der Waals surface area contributed by atoms with Crippen molar-refractivity contribution in [2.75, 3.05) is 25.0 Å². The van der Waals surface area contributed by atoms with Gasteiger partial charge in [0.2, 0.25) is 0 Å². The van der Waals surface area contributed by atoms with Gasteiger partial charge in [0.1, 0.15) is 0 Å². The molecule has 17 heavy (non-hydrogen) atoms. The highest BCUT2D eigenvalue weighted by Crippen LogP contribution is 2.21. The molecule has 2 N–H and O–H groups in total. The van der Waals surface area contributed by atoms with E-state index in [1.807, 2.05) is 18.2 Å². The molecule has 0 amide bonds. The van der Waals surface area contributed by atoms with Crippen LogP contribution in [0.5, 0.6) is 0 Å². The van der Waals surface area contributed by atoms with E-state index in [0.717, 1.165) is 11.9 Å². The van der Waals surface area contributed by atoms with Gasteiger partial charge >= 0.3 is 0 Å². The Morgan fingerprint density at radius 3 is 2.29 bits per heavy atom. The number of nitrogens with zero attached hydrogens (tertiary/aromatic N) is 1. The molecule has 3 nitrogen and oxygen atoms in total. The van der Waals surface area contributed by atoms with Crippen molar-refractivity contribution in [1.82, 2.24) is 4.90 Å². The van der Waals surface area contributed by atoms with Gasteiger partial charge in [-0.05, 0) is 5.56 Å². The van der Waals surface area contributed by atoms with Gasteiger partial charge in [-0.1, -0.05) is 46.3 Å². The number of hydrogen-bond acceptors (Lipinski definition) is 3. The third-order valence-corrected chi connectivity index (χ3v) is 4.05. The van der Waals surface area contributed by atoms with Crippen LogP contribution >= 0.6 is 15.9 Å². The van der Waals surface area contributed by atoms with E-state index in [4.69, 9.17) is 0 Å². The Kier molecular flexibility index (Phi) is 4.56. The number of β-amino-alcohol motifs (C(OH)–C–C–N with tert-alkyl or cyclic N) is 2. The summed E-state index contributed by atoms with van der Waals surface area (Å²) < 4.78 is 0. The van der Waals surface area contributed by atoms with Crippen LogP contribution in [0.1, 0.15) is 11.5 Å². The smallest absolute Gasteiger partial charge is 0.0938 e. The third-order valence-electron chi connectivity index (χ3n) is 3.27. The maximum absolute atomic E-state index is 9.52. The number of hydrogen-bond donors (Lipinski definition) is 2. The lowest BCUT2D eigenvalue weighted by Gasteiger charge is -2.22. The fourth-order valence-corrected chi connectivity index (χ4v) is 2.85. The Bertz CT molecular complexity index is 337. The standard InChI is InChI=1S/C13H18BrNO2/c14-6-11(10-4-2-1-3-5-10)7-15-8-12(16)13(17)9-15/h1-5,11-13,16-17H,6-9H2. The predicted octanol–water partition coefficient (Wildman–Crippen LogP) is 1.20. The molecule has 1 fully saturated rings. The average molecular weight is 300 g/mol. The first-order valence-corrected chi connectivity index (χ1v) is 7.02. The minimum absolute atomic E-state index is 0.397. The van der Waals surface area contributed by atoms with Gasteiger partial charge < -0.3 is 10.2 Å². The molecule has 1 heterocycles. The number of benzene rings is 1. The Morgan fingerprint density at radius 2 is 1.76 bits per heavy atom. The Morgan fingerprint density at radius 1 is 1.18 bits per heavy atom. The zero-order valence-electron chi connectivity index (χ0n) is 9.67. The molecule has 0 aliphatic carbocycles. The molecule has 0 radical (unpaired) electrons. The van der Waals surface area contributed by atoms with Gasteiger partial charge in [-0.2, -0.15) is 0 Å². The molecule has 4 heteroatoms. The van der Waals surface area contributed by atoms with E-state index in [-0.39, 0.29) is 0 Å². The van der Waals surface area contributed by atoms with Crippen LogP contribution in [-0.2, 0) is 0 Å². The number of alkyl halides is 1. The summed E-state index contributed by atoms with van der Waals surface area (Å²) in [5.74, 6) is 0.397. The van der Waals surface area contributed by atoms with Gasteiger partial charge in [-0.15, -0.1) is 0 Å². The molecule has 1 aromatic rings. The summed E-state index contributed by atoms with van der Waals surface area (Å²) in [7, 11) is 0. The van der Waals surface area contributed by atoms with Crippen molar-refractivity contribution in [2.24, 2.45) is 0 Å². The Balaban J connectivity index is 1.97. The van der Waals surface area contributed by atoms with Crippen molar-refractivity contribution in [3.05, 3.63) is 35.9 Å². The number of rotatable bonds is 4. The molecule has 94 valence electrons. The van der Waals surface area contributed by atoms with Crippen LogP contribution in [0.2, 0.25) is 0 Å². The molecule has 0 spiro atoms. The fraction of sp³-hybridized carbons (Fsp3) is 0.538. The number of likely N-dealkylation sites (tertiary alicyclic amines) is 1. The molecule has 2 rings (SSSR count). The van der Waals surface area contributed by atoms with Crippen LogP contribution in [0.25, 0.3) is 0 Å².